The van der Waals surface area contributed by atoms with Crippen molar-refractivity contribution in [2.45, 2.75) is 6.92 Å². The highest BCUT2D eigenvalue weighted by Gasteiger charge is 2.11. The monoisotopic (exact) mass is 262 g/mol. The quantitative estimate of drug-likeness (QED) is 0.596. The van der Waals surface area contributed by atoms with Crippen molar-refractivity contribution in [3.63, 3.8) is 0 Å². The molecule has 3 N–H and O–H groups in total. The maximum Gasteiger partial charge on any atom is 0.235 e. The average Bonchev–Trinajstić information content (AvgIpc) is 2.23. The van der Waals surface area contributed by atoms with Gasteiger partial charge in [-0.25, -0.2) is 12.8 Å². The van der Waals surface area contributed by atoms with Crippen LogP contribution < -0.4 is 10.5 Å². The second-order valence-electron chi connectivity index (χ2n) is 3.35. The van der Waals surface area contributed by atoms with Gasteiger partial charge >= 0.3 is 0 Å². The molecule has 0 saturated heterocycles. The zero-order valence-corrected chi connectivity index (χ0v) is 10.3. The second kappa shape index (κ2) is 5.83. The van der Waals surface area contributed by atoms with E-state index >= 15 is 0 Å². The predicted octanol–water partition coefficient (Wildman–Crippen LogP) is 1.19. The van der Waals surface area contributed by atoms with E-state index in [4.69, 9.17) is 10.5 Å². The molecule has 0 aromatic heterocycles. The zero-order chi connectivity index (χ0) is 12.9. The summed E-state index contributed by atoms with van der Waals surface area (Å²) in [5.74, 6) is -0.736. The van der Waals surface area contributed by atoms with Crippen LogP contribution in [0.25, 0.3) is 0 Å². The highest BCUT2D eigenvalue weighted by Crippen LogP contribution is 2.17. The number of rotatable bonds is 6. The Morgan fingerprint density at radius 2 is 2.18 bits per heavy atom. The average molecular weight is 262 g/mol. The van der Waals surface area contributed by atoms with Crippen molar-refractivity contribution in [3.8, 4) is 0 Å². The van der Waals surface area contributed by atoms with E-state index in [2.05, 4.69) is 4.72 Å². The number of nitrogens with two attached hydrogens (primary N) is 1. The van der Waals surface area contributed by atoms with E-state index in [9.17, 15) is 12.8 Å². The first-order valence-electron chi connectivity index (χ1n) is 5.08. The van der Waals surface area contributed by atoms with E-state index in [1.54, 1.807) is 6.92 Å². The van der Waals surface area contributed by atoms with Gasteiger partial charge in [0.1, 0.15) is 5.82 Å². The summed E-state index contributed by atoms with van der Waals surface area (Å²) in [7, 11) is -3.49. The van der Waals surface area contributed by atoms with Gasteiger partial charge in [-0.15, -0.1) is 0 Å². The summed E-state index contributed by atoms with van der Waals surface area (Å²) in [6, 6.07) is 3.65. The fourth-order valence-electron chi connectivity index (χ4n) is 1.15. The number of ether oxygens (including phenoxy) is 1. The minimum atomic E-state index is -3.49. The van der Waals surface area contributed by atoms with E-state index in [0.717, 1.165) is 6.07 Å². The summed E-state index contributed by atoms with van der Waals surface area (Å²) in [5, 5.41) is 0. The summed E-state index contributed by atoms with van der Waals surface area (Å²) in [5.41, 5.74) is 5.46. The third-order valence-corrected chi connectivity index (χ3v) is 3.22. The van der Waals surface area contributed by atoms with Crippen LogP contribution in [0.5, 0.6) is 0 Å². The minimum absolute atomic E-state index is 0.102. The van der Waals surface area contributed by atoms with Crippen LogP contribution in [0.4, 0.5) is 15.8 Å². The van der Waals surface area contributed by atoms with Crippen molar-refractivity contribution in [2.75, 3.05) is 29.4 Å². The molecule has 0 aliphatic heterocycles. The van der Waals surface area contributed by atoms with Crippen molar-refractivity contribution in [1.82, 2.24) is 0 Å². The maximum absolute atomic E-state index is 12.9. The normalized spacial score (nSPS) is 11.4. The highest BCUT2D eigenvalue weighted by molar-refractivity contribution is 7.92. The van der Waals surface area contributed by atoms with Crippen LogP contribution in [0.1, 0.15) is 6.92 Å². The largest absolute Gasteiger partial charge is 0.396 e. The Morgan fingerprint density at radius 1 is 1.47 bits per heavy atom. The third kappa shape index (κ3) is 4.58. The van der Waals surface area contributed by atoms with Crippen molar-refractivity contribution in [3.05, 3.63) is 24.0 Å². The number of benzene rings is 1. The minimum Gasteiger partial charge on any atom is -0.396 e. The van der Waals surface area contributed by atoms with Crippen molar-refractivity contribution in [1.29, 1.82) is 0 Å². The molecule has 7 heteroatoms. The third-order valence-electron chi connectivity index (χ3n) is 1.97. The lowest BCUT2D eigenvalue weighted by Crippen LogP contribution is -2.20. The van der Waals surface area contributed by atoms with Crippen LogP contribution in [0.2, 0.25) is 0 Å². The van der Waals surface area contributed by atoms with E-state index < -0.39 is 15.8 Å². The molecule has 1 rings (SSSR count). The Balaban J connectivity index is 2.66. The van der Waals surface area contributed by atoms with Gasteiger partial charge in [0.15, 0.2) is 0 Å². The lowest BCUT2D eigenvalue weighted by molar-refractivity contribution is 0.163. The van der Waals surface area contributed by atoms with Crippen molar-refractivity contribution in [2.24, 2.45) is 0 Å². The van der Waals surface area contributed by atoms with Crippen molar-refractivity contribution >= 4 is 21.4 Å². The maximum atomic E-state index is 12.9. The molecule has 0 saturated carbocycles. The number of hydrogen-bond acceptors (Lipinski definition) is 4. The molecule has 0 atom stereocenters. The smallest absolute Gasteiger partial charge is 0.235 e. The first kappa shape index (κ1) is 13.7. The molecular formula is C10H15FN2O3S. The highest BCUT2D eigenvalue weighted by atomic mass is 32.2. The number of anilines is 2. The van der Waals surface area contributed by atoms with E-state index in [1.807, 2.05) is 0 Å². The van der Waals surface area contributed by atoms with Crippen LogP contribution in [0, 0.1) is 5.82 Å². The Kier molecular flexibility index (Phi) is 4.71. The number of halogens is 1. The molecule has 1 aromatic carbocycles. The number of nitrogen functional groups attached to an aromatic ring is 1. The standard InChI is InChI=1S/C10H15FN2O3S/c1-2-16-5-6-17(14,15)13-8-3-4-9(11)10(12)7-8/h3-4,7,13H,2,5-6,12H2,1H3. The molecule has 0 spiro atoms. The number of hydrogen-bond donors (Lipinski definition) is 2. The molecular weight excluding hydrogens is 247 g/mol. The van der Waals surface area contributed by atoms with E-state index in [-0.39, 0.29) is 23.7 Å². The van der Waals surface area contributed by atoms with E-state index in [0.29, 0.717) is 6.61 Å². The van der Waals surface area contributed by atoms with Crippen LogP contribution in [-0.4, -0.2) is 27.4 Å². The lowest BCUT2D eigenvalue weighted by atomic mass is 10.3. The molecule has 0 heterocycles. The summed E-state index contributed by atoms with van der Waals surface area (Å²) >= 11 is 0. The molecule has 0 radical (unpaired) electrons. The van der Waals surface area contributed by atoms with E-state index in [1.165, 1.54) is 12.1 Å². The molecule has 96 valence electrons. The number of sulfonamides is 1. The van der Waals surface area contributed by atoms with Crippen molar-refractivity contribution < 1.29 is 17.5 Å². The molecule has 0 unspecified atom stereocenters. The second-order valence-corrected chi connectivity index (χ2v) is 5.20. The molecule has 0 aliphatic carbocycles. The van der Waals surface area contributed by atoms with Crippen LogP contribution in [-0.2, 0) is 14.8 Å². The summed E-state index contributed by atoms with van der Waals surface area (Å²) in [6.07, 6.45) is 0. The lowest BCUT2D eigenvalue weighted by Gasteiger charge is -2.08. The Bertz CT molecular complexity index is 476. The molecule has 0 bridgehead atoms. The molecule has 0 aliphatic rings. The van der Waals surface area contributed by atoms with Gasteiger partial charge in [-0.2, -0.15) is 0 Å². The Labute approximate surface area is 99.8 Å². The zero-order valence-electron chi connectivity index (χ0n) is 9.44. The van der Waals surface area contributed by atoms with Gasteiger partial charge in [0.2, 0.25) is 10.0 Å². The van der Waals surface area contributed by atoms with Gasteiger partial charge in [-0.1, -0.05) is 0 Å². The Hall–Kier alpha value is -1.34. The fraction of sp³-hybridized carbons (Fsp3) is 0.400. The summed E-state index contributed by atoms with van der Waals surface area (Å²) in [4.78, 5) is 0. The topological polar surface area (TPSA) is 81.4 Å². The Morgan fingerprint density at radius 3 is 2.76 bits per heavy atom. The first-order valence-corrected chi connectivity index (χ1v) is 6.73. The van der Waals surface area contributed by atoms with Crippen LogP contribution in [0.3, 0.4) is 0 Å². The van der Waals surface area contributed by atoms with Gasteiger partial charge < -0.3 is 10.5 Å². The molecule has 1 aromatic rings. The van der Waals surface area contributed by atoms with Crippen LogP contribution in [0.15, 0.2) is 18.2 Å². The molecule has 0 fully saturated rings. The van der Waals surface area contributed by atoms with Gasteiger partial charge in [0.05, 0.1) is 23.7 Å². The van der Waals surface area contributed by atoms with Gasteiger partial charge in [-0.3, -0.25) is 4.72 Å². The summed E-state index contributed by atoms with van der Waals surface area (Å²) < 4.78 is 43.2. The van der Waals surface area contributed by atoms with Gasteiger partial charge in [-0.05, 0) is 25.1 Å². The van der Waals surface area contributed by atoms with Gasteiger partial charge in [0.25, 0.3) is 0 Å². The van der Waals surface area contributed by atoms with Gasteiger partial charge in [0, 0.05) is 6.61 Å². The predicted molar refractivity (Wildman–Crippen MR) is 64.7 cm³/mol. The van der Waals surface area contributed by atoms with Crippen LogP contribution >= 0.6 is 0 Å². The molecule has 5 nitrogen and oxygen atoms in total. The SMILES string of the molecule is CCOCCS(=O)(=O)Nc1ccc(F)c(N)c1. The fourth-order valence-corrected chi connectivity index (χ4v) is 2.08. The number of nitrogens with one attached hydrogen (secondary N) is 1. The molecule has 0 amide bonds. The summed E-state index contributed by atoms with van der Waals surface area (Å²) in [6.45, 7) is 2.35. The molecule has 17 heavy (non-hydrogen) atoms. The first-order chi connectivity index (χ1) is 7.94.